The number of piperidine rings is 1. The van der Waals surface area contributed by atoms with Gasteiger partial charge in [-0.05, 0) is 56.7 Å². The van der Waals surface area contributed by atoms with Gasteiger partial charge in [-0.25, -0.2) is 9.97 Å². The average molecular weight is 504 g/mol. The van der Waals surface area contributed by atoms with Gasteiger partial charge in [0.15, 0.2) is 0 Å². The van der Waals surface area contributed by atoms with Gasteiger partial charge in [-0.2, -0.15) is 4.98 Å². The molecule has 1 aliphatic carbocycles. The number of nitrogens with one attached hydrogen (secondary N) is 1. The number of aromatic nitrogens is 4. The predicted octanol–water partition coefficient (Wildman–Crippen LogP) is 3.51. The van der Waals surface area contributed by atoms with Crippen molar-refractivity contribution < 1.29 is 14.7 Å². The highest BCUT2D eigenvalue weighted by Crippen LogP contribution is 2.37. The van der Waals surface area contributed by atoms with Crippen molar-refractivity contribution in [3.8, 4) is 0 Å². The summed E-state index contributed by atoms with van der Waals surface area (Å²) in [4.78, 5) is 43.3. The van der Waals surface area contributed by atoms with Crippen molar-refractivity contribution in [2.24, 2.45) is 0 Å². The molecule has 3 aromatic rings. The van der Waals surface area contributed by atoms with E-state index in [0.29, 0.717) is 35.9 Å². The number of aliphatic hydroxyl groups is 1. The highest BCUT2D eigenvalue weighted by atomic mass is 16.3. The van der Waals surface area contributed by atoms with Crippen molar-refractivity contribution in [2.45, 2.75) is 75.6 Å². The van der Waals surface area contributed by atoms with Crippen LogP contribution in [0.25, 0.3) is 11.0 Å². The van der Waals surface area contributed by atoms with Crippen LogP contribution in [0.3, 0.4) is 0 Å². The molecule has 37 heavy (non-hydrogen) atoms. The second-order valence-corrected chi connectivity index (χ2v) is 10.8. The van der Waals surface area contributed by atoms with Crippen LogP contribution < -0.4 is 5.32 Å². The predicted molar refractivity (Wildman–Crippen MR) is 139 cm³/mol. The van der Waals surface area contributed by atoms with Gasteiger partial charge < -0.3 is 24.8 Å². The van der Waals surface area contributed by atoms with Crippen LogP contribution in [0.2, 0.25) is 0 Å². The van der Waals surface area contributed by atoms with Crippen LogP contribution in [0, 0.1) is 0 Å². The highest BCUT2D eigenvalue weighted by molar-refractivity contribution is 5.98. The van der Waals surface area contributed by atoms with Crippen LogP contribution >= 0.6 is 0 Å². The SMILES string of the molecule is CN(C)C(=O)c1cc2cnc(Nc3ccc(C(=O)N4C5CCC4CC(O)C5)cn3)nc2n1C1CCCC1. The third-order valence-corrected chi connectivity index (χ3v) is 8.08. The van der Waals surface area contributed by atoms with E-state index in [0.717, 1.165) is 49.6 Å². The summed E-state index contributed by atoms with van der Waals surface area (Å²) < 4.78 is 2.08. The Morgan fingerprint density at radius 3 is 2.38 bits per heavy atom. The fraction of sp³-hybridized carbons (Fsp3) is 0.519. The lowest BCUT2D eigenvalue weighted by molar-refractivity contribution is 0.0286. The number of carbonyl (C=O) groups excluding carboxylic acids is 2. The molecule has 2 atom stereocenters. The smallest absolute Gasteiger partial charge is 0.270 e. The van der Waals surface area contributed by atoms with Crippen molar-refractivity contribution in [3.05, 3.63) is 41.9 Å². The molecule has 2 saturated heterocycles. The van der Waals surface area contributed by atoms with Gasteiger partial charge in [0.2, 0.25) is 5.95 Å². The van der Waals surface area contributed by atoms with E-state index in [2.05, 4.69) is 19.9 Å². The van der Waals surface area contributed by atoms with E-state index < -0.39 is 0 Å². The molecule has 194 valence electrons. The minimum absolute atomic E-state index is 0.0244. The summed E-state index contributed by atoms with van der Waals surface area (Å²) in [5.74, 6) is 0.862. The first-order valence-corrected chi connectivity index (χ1v) is 13.2. The van der Waals surface area contributed by atoms with E-state index >= 15 is 0 Å². The number of anilines is 2. The zero-order chi connectivity index (χ0) is 25.7. The first-order valence-electron chi connectivity index (χ1n) is 13.2. The largest absolute Gasteiger partial charge is 0.393 e. The summed E-state index contributed by atoms with van der Waals surface area (Å²) >= 11 is 0. The second-order valence-electron chi connectivity index (χ2n) is 10.8. The summed E-state index contributed by atoms with van der Waals surface area (Å²) in [5, 5.41) is 14.0. The monoisotopic (exact) mass is 503 g/mol. The molecule has 10 nitrogen and oxygen atoms in total. The minimum atomic E-state index is -0.310. The number of hydrogen-bond donors (Lipinski definition) is 2. The lowest BCUT2D eigenvalue weighted by Crippen LogP contribution is -2.48. The molecule has 6 rings (SSSR count). The van der Waals surface area contributed by atoms with Crippen molar-refractivity contribution in [2.75, 3.05) is 19.4 Å². The van der Waals surface area contributed by atoms with Crippen molar-refractivity contribution in [3.63, 3.8) is 0 Å². The summed E-state index contributed by atoms with van der Waals surface area (Å²) in [6.07, 6.45) is 10.6. The maximum atomic E-state index is 13.2. The van der Waals surface area contributed by atoms with Gasteiger partial charge in [-0.15, -0.1) is 0 Å². The van der Waals surface area contributed by atoms with Crippen LogP contribution in [-0.2, 0) is 0 Å². The molecular weight excluding hydrogens is 470 g/mol. The Hall–Kier alpha value is -3.53. The average Bonchev–Trinajstić information content (AvgIpc) is 3.60. The van der Waals surface area contributed by atoms with E-state index in [1.54, 1.807) is 43.5 Å². The zero-order valence-electron chi connectivity index (χ0n) is 21.3. The van der Waals surface area contributed by atoms with Gasteiger partial charge in [0.05, 0.1) is 11.7 Å². The second kappa shape index (κ2) is 9.41. The van der Waals surface area contributed by atoms with Crippen molar-refractivity contribution in [1.29, 1.82) is 0 Å². The van der Waals surface area contributed by atoms with Crippen LogP contribution in [0.15, 0.2) is 30.6 Å². The first kappa shape index (κ1) is 23.8. The molecule has 3 aromatic heterocycles. The Balaban J connectivity index is 1.24. The fourth-order valence-corrected chi connectivity index (χ4v) is 6.33. The van der Waals surface area contributed by atoms with E-state index in [4.69, 9.17) is 4.98 Å². The zero-order valence-corrected chi connectivity index (χ0v) is 21.3. The molecule has 2 aliphatic heterocycles. The fourth-order valence-electron chi connectivity index (χ4n) is 6.33. The Bertz CT molecular complexity index is 1320. The first-order chi connectivity index (χ1) is 17.9. The van der Waals surface area contributed by atoms with Crippen molar-refractivity contribution >= 4 is 34.6 Å². The number of rotatable bonds is 5. The normalized spacial score (nSPS) is 23.5. The topological polar surface area (TPSA) is 116 Å². The Morgan fingerprint density at radius 2 is 1.73 bits per heavy atom. The summed E-state index contributed by atoms with van der Waals surface area (Å²) in [5.41, 5.74) is 1.92. The molecule has 2 bridgehead atoms. The quantitative estimate of drug-likeness (QED) is 0.547. The maximum absolute atomic E-state index is 13.2. The van der Waals surface area contributed by atoms with E-state index in [1.807, 2.05) is 11.0 Å². The number of pyridine rings is 1. The Kier molecular flexibility index (Phi) is 6.06. The van der Waals surface area contributed by atoms with E-state index in [9.17, 15) is 14.7 Å². The van der Waals surface area contributed by atoms with Gasteiger partial charge in [0, 0.05) is 50.0 Å². The molecule has 5 heterocycles. The van der Waals surface area contributed by atoms with Crippen LogP contribution in [0.1, 0.15) is 78.3 Å². The molecule has 3 fully saturated rings. The molecule has 2 N–H and O–H groups in total. The lowest BCUT2D eigenvalue weighted by Gasteiger charge is -2.37. The van der Waals surface area contributed by atoms with Crippen molar-refractivity contribution in [1.82, 2.24) is 29.3 Å². The standard InChI is InChI=1S/C27H33N7O3/c1-32(2)26(37)22-11-17-15-29-27(31-24(17)34(22)18-5-3-4-6-18)30-23-10-7-16(14-28-23)25(36)33-19-8-9-20(33)13-21(35)12-19/h7,10-11,14-15,18-21,35H,3-6,8-9,12-13H2,1-2H3,(H,28,29,30,31). The summed E-state index contributed by atoms with van der Waals surface area (Å²) in [6.45, 7) is 0. The third-order valence-electron chi connectivity index (χ3n) is 8.08. The molecule has 0 spiro atoms. The molecule has 1 saturated carbocycles. The Morgan fingerprint density at radius 1 is 1.00 bits per heavy atom. The van der Waals surface area contributed by atoms with Crippen LogP contribution in [0.4, 0.5) is 11.8 Å². The van der Waals surface area contributed by atoms with E-state index in [-0.39, 0.29) is 36.0 Å². The molecular formula is C27H33N7O3. The van der Waals surface area contributed by atoms with Gasteiger partial charge in [-0.1, -0.05) is 12.8 Å². The summed E-state index contributed by atoms with van der Waals surface area (Å²) in [6, 6.07) is 5.88. The van der Waals surface area contributed by atoms with E-state index in [1.165, 1.54) is 0 Å². The summed E-state index contributed by atoms with van der Waals surface area (Å²) in [7, 11) is 3.52. The molecule has 0 radical (unpaired) electrons. The van der Waals surface area contributed by atoms with Crippen LogP contribution in [0.5, 0.6) is 0 Å². The number of nitrogens with zero attached hydrogens (tertiary/aromatic N) is 6. The number of carbonyl (C=O) groups is 2. The maximum Gasteiger partial charge on any atom is 0.270 e. The number of aliphatic hydroxyl groups excluding tert-OH is 1. The third kappa shape index (κ3) is 4.33. The Labute approximate surface area is 215 Å². The molecule has 0 aromatic carbocycles. The lowest BCUT2D eigenvalue weighted by atomic mass is 9.99. The molecule has 2 unspecified atom stereocenters. The molecule has 2 amide bonds. The van der Waals surface area contributed by atoms with Gasteiger partial charge in [-0.3, -0.25) is 9.59 Å². The van der Waals surface area contributed by atoms with Gasteiger partial charge in [0.25, 0.3) is 11.8 Å². The van der Waals surface area contributed by atoms with Gasteiger partial charge >= 0.3 is 0 Å². The number of amides is 2. The molecule has 3 aliphatic rings. The van der Waals surface area contributed by atoms with Crippen LogP contribution in [-0.4, -0.2) is 78.5 Å². The minimum Gasteiger partial charge on any atom is -0.393 e. The molecule has 10 heteroatoms. The highest BCUT2D eigenvalue weighted by Gasteiger charge is 2.43. The number of hydrogen-bond acceptors (Lipinski definition) is 7. The number of fused-ring (bicyclic) bond motifs is 3. The van der Waals surface area contributed by atoms with Gasteiger partial charge in [0.1, 0.15) is 17.2 Å².